The van der Waals surface area contributed by atoms with Crippen LogP contribution < -0.4 is 15.8 Å². The number of ether oxygens (including phenoxy) is 2. The second-order valence-electron chi connectivity index (χ2n) is 12.2. The van der Waals surface area contributed by atoms with Gasteiger partial charge >= 0.3 is 0 Å². The maximum Gasteiger partial charge on any atom is 0.251 e. The number of methoxy groups -OCH3 is 1. The number of hydrogen-bond donors (Lipinski definition) is 2. The summed E-state index contributed by atoms with van der Waals surface area (Å²) in [5.74, 6) is 1.01. The number of piperidine rings is 1. The second-order valence-corrected chi connectivity index (χ2v) is 12.2. The Kier molecular flexibility index (Phi) is 13.6. The average molecular weight is 638 g/mol. The van der Waals surface area contributed by atoms with Crippen molar-refractivity contribution in [3.05, 3.63) is 35.7 Å². The van der Waals surface area contributed by atoms with Gasteiger partial charge in [-0.1, -0.05) is 19.8 Å². The molecule has 3 aliphatic rings. The van der Waals surface area contributed by atoms with Crippen molar-refractivity contribution in [2.75, 3.05) is 47.0 Å². The Morgan fingerprint density at radius 1 is 1.13 bits per heavy atom. The summed E-state index contributed by atoms with van der Waals surface area (Å²) in [4.78, 5) is 52.5. The lowest BCUT2D eigenvalue weighted by atomic mass is 10.0. The van der Waals surface area contributed by atoms with E-state index >= 15 is 0 Å². The molecule has 1 saturated carbocycles. The molecule has 0 aromatic heterocycles. The normalized spacial score (nSPS) is 22.0. The van der Waals surface area contributed by atoms with Gasteiger partial charge < -0.3 is 40.0 Å². The third kappa shape index (κ3) is 8.94. The predicted octanol–water partition coefficient (Wildman–Crippen LogP) is 3.63. The van der Waals surface area contributed by atoms with Gasteiger partial charge in [0.1, 0.15) is 36.1 Å². The molecule has 2 amide bonds. The molecule has 12 nitrogen and oxygen atoms in total. The molecular formula is C34H51N7O5. The van der Waals surface area contributed by atoms with Crippen LogP contribution in [0.3, 0.4) is 0 Å². The van der Waals surface area contributed by atoms with Crippen molar-refractivity contribution in [2.45, 2.75) is 89.3 Å². The Bertz CT molecular complexity index is 1270. The van der Waals surface area contributed by atoms with Crippen molar-refractivity contribution in [3.63, 3.8) is 0 Å². The van der Waals surface area contributed by atoms with Gasteiger partial charge in [-0.25, -0.2) is 9.98 Å². The zero-order valence-corrected chi connectivity index (χ0v) is 27.7. The van der Waals surface area contributed by atoms with E-state index in [1.165, 1.54) is 6.34 Å². The summed E-state index contributed by atoms with van der Waals surface area (Å²) in [6.07, 6.45) is 13.4. The molecule has 12 heteroatoms. The molecule has 0 radical (unpaired) electrons. The predicted molar refractivity (Wildman–Crippen MR) is 179 cm³/mol. The number of rotatable bonds is 15. The summed E-state index contributed by atoms with van der Waals surface area (Å²) in [6, 6.07) is 5.30. The maximum atomic E-state index is 13.4. The van der Waals surface area contributed by atoms with Crippen LogP contribution in [0.2, 0.25) is 0 Å². The lowest BCUT2D eigenvalue weighted by Crippen LogP contribution is -2.60. The first-order valence-electron chi connectivity index (χ1n) is 16.7. The largest absolute Gasteiger partial charge is 0.494 e. The van der Waals surface area contributed by atoms with E-state index in [1.54, 1.807) is 43.5 Å². The number of likely N-dealkylation sites (N-methyl/N-ethyl adjacent to an activating group) is 1. The zero-order valence-electron chi connectivity index (χ0n) is 27.7. The van der Waals surface area contributed by atoms with Crippen LogP contribution in [0.15, 0.2) is 40.1 Å². The minimum Gasteiger partial charge on any atom is -0.494 e. The zero-order chi connectivity index (χ0) is 32.9. The number of hydrogen-bond acceptors (Lipinski definition) is 8. The van der Waals surface area contributed by atoms with Crippen molar-refractivity contribution >= 4 is 36.0 Å². The lowest BCUT2D eigenvalue weighted by Gasteiger charge is -2.45. The molecule has 4 rings (SSSR count). The number of aliphatic imine (C=N–C) groups is 2. The Morgan fingerprint density at radius 3 is 2.57 bits per heavy atom. The van der Waals surface area contributed by atoms with E-state index in [1.807, 2.05) is 6.92 Å². The molecule has 3 N–H and O–H groups in total. The highest BCUT2D eigenvalue weighted by atomic mass is 16.5. The van der Waals surface area contributed by atoms with Crippen molar-refractivity contribution < 1.29 is 23.9 Å². The molecule has 1 aromatic rings. The van der Waals surface area contributed by atoms with Gasteiger partial charge in [0, 0.05) is 44.4 Å². The molecule has 252 valence electrons. The van der Waals surface area contributed by atoms with Gasteiger partial charge in [0.05, 0.1) is 19.6 Å². The Hall–Kier alpha value is -3.77. The highest BCUT2D eigenvalue weighted by Crippen LogP contribution is 2.36. The number of carbonyl (C=O) groups excluding carboxylic acids is 3. The van der Waals surface area contributed by atoms with Gasteiger partial charge in [-0.3, -0.25) is 9.59 Å². The van der Waals surface area contributed by atoms with Gasteiger partial charge in [-0.2, -0.15) is 0 Å². The molecule has 2 aliphatic heterocycles. The minimum atomic E-state index is -0.331. The fraction of sp³-hybridized carbons (Fsp3) is 0.618. The maximum absolute atomic E-state index is 13.4. The van der Waals surface area contributed by atoms with Crippen LogP contribution in [0, 0.1) is 0 Å². The van der Waals surface area contributed by atoms with Crippen LogP contribution in [0.5, 0.6) is 5.75 Å². The third-order valence-corrected chi connectivity index (χ3v) is 9.21. The first kappa shape index (κ1) is 35.1. The van der Waals surface area contributed by atoms with Crippen LogP contribution >= 0.6 is 0 Å². The van der Waals surface area contributed by atoms with Crippen LogP contribution in [-0.2, 0) is 14.3 Å². The summed E-state index contributed by atoms with van der Waals surface area (Å²) < 4.78 is 11.0. The SMILES string of the molecule is CCC1C(=O)N(C)/C(=C/N=CN)C(=Nc2ccc(C(=O)NC3CCN(CCCCCOCC=O)CC3)cc2OC)N1C1CCCC1. The number of amidine groups is 1. The molecule has 0 spiro atoms. The lowest BCUT2D eigenvalue weighted by molar-refractivity contribution is -0.134. The van der Waals surface area contributed by atoms with Crippen LogP contribution in [0.25, 0.3) is 0 Å². The number of nitrogens with one attached hydrogen (secondary N) is 1. The summed E-state index contributed by atoms with van der Waals surface area (Å²) in [5.41, 5.74) is 7.23. The number of likely N-dealkylation sites (tertiary alicyclic amines) is 1. The Balaban J connectivity index is 1.44. The number of nitrogens with zero attached hydrogens (tertiary/aromatic N) is 5. The minimum absolute atomic E-state index is 0.00847. The standard InChI is InChI=1S/C34H51N7O5/c1-4-29-34(44)39(2)30(23-36-24-35)32(41(29)27-10-6-7-11-27)38-28-13-12-25(22-31(28)45-3)33(43)37-26-14-17-40(18-15-26)16-8-5-9-20-46-21-19-42/h12-13,19,22-24,26-27,29H,4-11,14-18,20-21H2,1-3H3,(H2,35,36)(H,37,43)/b30-23+,38-32?. The van der Waals surface area contributed by atoms with E-state index in [-0.39, 0.29) is 36.5 Å². The summed E-state index contributed by atoms with van der Waals surface area (Å²) in [5, 5.41) is 3.21. The number of carbonyl (C=O) groups is 3. The topological polar surface area (TPSA) is 142 Å². The summed E-state index contributed by atoms with van der Waals surface area (Å²) in [7, 11) is 3.32. The van der Waals surface area contributed by atoms with Crippen molar-refractivity contribution in [1.82, 2.24) is 20.0 Å². The molecule has 2 heterocycles. The Morgan fingerprint density at radius 2 is 1.89 bits per heavy atom. The van der Waals surface area contributed by atoms with Crippen molar-refractivity contribution in [1.29, 1.82) is 0 Å². The van der Waals surface area contributed by atoms with Gasteiger partial charge in [0.25, 0.3) is 5.91 Å². The van der Waals surface area contributed by atoms with Crippen molar-refractivity contribution in [3.8, 4) is 5.75 Å². The molecule has 2 saturated heterocycles. The summed E-state index contributed by atoms with van der Waals surface area (Å²) in [6.45, 7) is 5.76. The van der Waals surface area contributed by atoms with E-state index in [4.69, 9.17) is 20.2 Å². The third-order valence-electron chi connectivity index (χ3n) is 9.21. The number of nitrogens with two attached hydrogens (primary N) is 1. The highest BCUT2D eigenvalue weighted by Gasteiger charge is 2.43. The molecular weight excluding hydrogens is 586 g/mol. The molecule has 3 fully saturated rings. The van der Waals surface area contributed by atoms with Gasteiger partial charge in [0.15, 0.2) is 5.84 Å². The van der Waals surface area contributed by atoms with Crippen molar-refractivity contribution in [2.24, 2.45) is 15.7 Å². The first-order chi connectivity index (χ1) is 22.4. The molecule has 1 aliphatic carbocycles. The van der Waals surface area contributed by atoms with Gasteiger partial charge in [-0.05, 0) is 76.1 Å². The van der Waals surface area contributed by atoms with E-state index in [0.717, 1.165) is 83.7 Å². The van der Waals surface area contributed by atoms with E-state index < -0.39 is 0 Å². The number of piperazine rings is 1. The smallest absolute Gasteiger partial charge is 0.251 e. The molecule has 1 unspecified atom stereocenters. The molecule has 1 aromatic carbocycles. The highest BCUT2D eigenvalue weighted by molar-refractivity contribution is 6.09. The average Bonchev–Trinajstić information content (AvgIpc) is 3.61. The number of aldehydes is 1. The fourth-order valence-electron chi connectivity index (χ4n) is 6.69. The van der Waals surface area contributed by atoms with E-state index in [2.05, 4.69) is 20.1 Å². The molecule has 0 bridgehead atoms. The number of amides is 2. The molecule has 46 heavy (non-hydrogen) atoms. The quantitative estimate of drug-likeness (QED) is 0.129. The van der Waals surface area contributed by atoms with Gasteiger partial charge in [0.2, 0.25) is 5.91 Å². The number of unbranched alkanes of at least 4 members (excludes halogenated alkanes) is 2. The van der Waals surface area contributed by atoms with Crippen LogP contribution in [0.1, 0.15) is 81.5 Å². The van der Waals surface area contributed by atoms with E-state index in [9.17, 15) is 14.4 Å². The number of benzene rings is 1. The summed E-state index contributed by atoms with van der Waals surface area (Å²) >= 11 is 0. The first-order valence-corrected chi connectivity index (χ1v) is 16.7. The van der Waals surface area contributed by atoms with Gasteiger partial charge in [-0.15, -0.1) is 0 Å². The van der Waals surface area contributed by atoms with Crippen LogP contribution in [0.4, 0.5) is 5.69 Å². The Labute approximate surface area is 273 Å². The monoisotopic (exact) mass is 637 g/mol. The second kappa shape index (κ2) is 17.8. The molecule has 1 atom stereocenters. The van der Waals surface area contributed by atoms with E-state index in [0.29, 0.717) is 41.6 Å². The van der Waals surface area contributed by atoms with Crippen LogP contribution in [-0.4, -0.2) is 110 Å². The fourth-order valence-corrected chi connectivity index (χ4v) is 6.69.